The number of likely N-dealkylation sites (tertiary alicyclic amines) is 1. The lowest BCUT2D eigenvalue weighted by Gasteiger charge is -2.13. The fourth-order valence-electron chi connectivity index (χ4n) is 4.02. The van der Waals surface area contributed by atoms with Crippen LogP contribution < -0.4 is 0 Å². The summed E-state index contributed by atoms with van der Waals surface area (Å²) in [7, 11) is 0. The average Bonchev–Trinajstić information content (AvgIpc) is 3.42. The van der Waals surface area contributed by atoms with Gasteiger partial charge in [0.2, 0.25) is 0 Å². The summed E-state index contributed by atoms with van der Waals surface area (Å²) in [6.07, 6.45) is 2.52. The van der Waals surface area contributed by atoms with E-state index in [9.17, 15) is 5.11 Å². The van der Waals surface area contributed by atoms with Crippen LogP contribution in [0.1, 0.15) is 24.0 Å². The zero-order valence-corrected chi connectivity index (χ0v) is 18.7. The van der Waals surface area contributed by atoms with E-state index in [0.29, 0.717) is 23.6 Å². The predicted octanol–water partition coefficient (Wildman–Crippen LogP) is 5.01. The lowest BCUT2D eigenvalue weighted by molar-refractivity contribution is 0.119. The number of nitrogens with zero attached hydrogens (tertiary/aromatic N) is 3. The van der Waals surface area contributed by atoms with E-state index in [-0.39, 0.29) is 18.3 Å². The fraction of sp³-hybridized carbons (Fsp3) is 0.273. The third-order valence-corrected chi connectivity index (χ3v) is 5.94. The van der Waals surface area contributed by atoms with Gasteiger partial charge in [0.15, 0.2) is 5.88 Å². The maximum atomic E-state index is 10.6. The smallest absolute Gasteiger partial charge is 0.199 e. The molecule has 1 saturated heterocycles. The van der Waals surface area contributed by atoms with Crippen LogP contribution in [0.3, 0.4) is 0 Å². The molecule has 30 heavy (non-hydrogen) atoms. The molecule has 0 saturated carbocycles. The van der Waals surface area contributed by atoms with Gasteiger partial charge in [0, 0.05) is 22.0 Å². The minimum atomic E-state index is 0. The topological polar surface area (TPSA) is 73.2 Å². The van der Waals surface area contributed by atoms with Crippen LogP contribution in [-0.2, 0) is 4.84 Å². The van der Waals surface area contributed by atoms with Crippen molar-refractivity contribution in [2.45, 2.75) is 12.8 Å². The summed E-state index contributed by atoms with van der Waals surface area (Å²) in [5.41, 5.74) is 4.50. The highest BCUT2D eigenvalue weighted by Crippen LogP contribution is 2.36. The van der Waals surface area contributed by atoms with Crippen LogP contribution >= 0.6 is 28.3 Å². The van der Waals surface area contributed by atoms with Crippen LogP contribution in [-0.4, -0.2) is 52.7 Å². The molecule has 0 amide bonds. The second-order valence-corrected chi connectivity index (χ2v) is 8.25. The highest BCUT2D eigenvalue weighted by atomic mass is 79.9. The van der Waals surface area contributed by atoms with Gasteiger partial charge in [-0.25, -0.2) is 4.99 Å². The molecule has 0 atom stereocenters. The first-order valence-electron chi connectivity index (χ1n) is 9.82. The van der Waals surface area contributed by atoms with Crippen molar-refractivity contribution >= 4 is 56.4 Å². The van der Waals surface area contributed by atoms with E-state index in [2.05, 4.69) is 31.0 Å². The number of hydrogen-bond acceptors (Lipinski definition) is 5. The normalized spacial score (nSPS) is 17.2. The number of hydrogen-bond donors (Lipinski definition) is 2. The number of rotatable bonds is 5. The Morgan fingerprint density at radius 3 is 2.80 bits per heavy atom. The van der Waals surface area contributed by atoms with Crippen LogP contribution in [0.2, 0.25) is 0 Å². The van der Waals surface area contributed by atoms with E-state index in [1.165, 1.54) is 12.8 Å². The van der Waals surface area contributed by atoms with Crippen molar-refractivity contribution in [2.75, 3.05) is 26.2 Å². The SMILES string of the molecule is Cl.Oc1[nH]c2cc(Br)ccc2c1C1=Nc2ccccc2/C1=N\OCCN1CCCC1. The summed E-state index contributed by atoms with van der Waals surface area (Å²) in [6, 6.07) is 13.7. The van der Waals surface area contributed by atoms with Gasteiger partial charge in [-0.15, -0.1) is 12.4 Å². The minimum absolute atomic E-state index is 0. The van der Waals surface area contributed by atoms with E-state index in [1.807, 2.05) is 42.5 Å². The number of halogens is 2. The lowest BCUT2D eigenvalue weighted by atomic mass is 10.0. The third-order valence-electron chi connectivity index (χ3n) is 5.45. The van der Waals surface area contributed by atoms with Gasteiger partial charge in [-0.1, -0.05) is 45.4 Å². The van der Waals surface area contributed by atoms with Crippen molar-refractivity contribution in [3.8, 4) is 5.88 Å². The standard InChI is InChI=1S/C22H21BrN4O2.ClH/c23-14-7-8-15-18(13-14)25-22(28)19(15)21-20(16-5-1-2-6-17(16)24-21)26-29-12-11-27-9-3-4-10-27;/h1-2,5-8,13,25,28H,3-4,9-12H2;1H/b26-20+;. The molecule has 0 unspecified atom stereocenters. The lowest BCUT2D eigenvalue weighted by Crippen LogP contribution is -2.23. The average molecular weight is 490 g/mol. The van der Waals surface area contributed by atoms with E-state index in [4.69, 9.17) is 9.83 Å². The van der Waals surface area contributed by atoms with E-state index < -0.39 is 0 Å². The Bertz CT molecular complexity index is 1140. The number of aromatic hydroxyl groups is 1. The molecule has 2 aliphatic heterocycles. The summed E-state index contributed by atoms with van der Waals surface area (Å²) in [4.78, 5) is 15.9. The first-order chi connectivity index (χ1) is 14.2. The molecule has 0 radical (unpaired) electrons. The summed E-state index contributed by atoms with van der Waals surface area (Å²) < 4.78 is 0.939. The molecule has 2 aromatic carbocycles. The largest absolute Gasteiger partial charge is 0.494 e. The number of aliphatic imine (C=N–C) groups is 1. The van der Waals surface area contributed by atoms with Crippen LogP contribution in [0.15, 0.2) is 57.1 Å². The van der Waals surface area contributed by atoms with Gasteiger partial charge in [0.05, 0.1) is 16.8 Å². The van der Waals surface area contributed by atoms with Crippen LogP contribution in [0.25, 0.3) is 10.9 Å². The third kappa shape index (κ3) is 3.85. The molecule has 0 spiro atoms. The molecule has 0 bridgehead atoms. The van der Waals surface area contributed by atoms with Gasteiger partial charge in [-0.3, -0.25) is 4.90 Å². The van der Waals surface area contributed by atoms with Gasteiger partial charge >= 0.3 is 0 Å². The minimum Gasteiger partial charge on any atom is -0.494 e. The van der Waals surface area contributed by atoms with Gasteiger partial charge < -0.3 is 14.9 Å². The molecule has 6 nitrogen and oxygen atoms in total. The maximum Gasteiger partial charge on any atom is 0.199 e. The Labute approximate surface area is 189 Å². The molecular weight excluding hydrogens is 468 g/mol. The monoisotopic (exact) mass is 488 g/mol. The molecule has 1 fully saturated rings. The van der Waals surface area contributed by atoms with E-state index in [1.54, 1.807) is 0 Å². The van der Waals surface area contributed by atoms with Gasteiger partial charge in [-0.2, -0.15) is 0 Å². The van der Waals surface area contributed by atoms with E-state index in [0.717, 1.165) is 46.3 Å². The van der Waals surface area contributed by atoms with Crippen LogP contribution in [0.5, 0.6) is 5.88 Å². The van der Waals surface area contributed by atoms with Crippen molar-refractivity contribution in [1.29, 1.82) is 0 Å². The number of oxime groups is 1. The van der Waals surface area contributed by atoms with Crippen molar-refractivity contribution < 1.29 is 9.94 Å². The Balaban J connectivity index is 0.00000218. The number of fused-ring (bicyclic) bond motifs is 2. The second kappa shape index (κ2) is 8.79. The molecule has 3 aromatic rings. The number of H-pyrrole nitrogens is 1. The van der Waals surface area contributed by atoms with Crippen molar-refractivity contribution in [3.05, 3.63) is 58.1 Å². The highest BCUT2D eigenvalue weighted by molar-refractivity contribution is 9.10. The van der Waals surface area contributed by atoms with Crippen LogP contribution in [0, 0.1) is 0 Å². The number of benzene rings is 2. The van der Waals surface area contributed by atoms with Gasteiger partial charge in [0.25, 0.3) is 0 Å². The Morgan fingerprint density at radius 1 is 1.17 bits per heavy atom. The van der Waals surface area contributed by atoms with Gasteiger partial charge in [-0.05, 0) is 44.1 Å². The Hall–Kier alpha value is -2.35. The summed E-state index contributed by atoms with van der Waals surface area (Å²) >= 11 is 3.48. The van der Waals surface area contributed by atoms with E-state index >= 15 is 0 Å². The number of aromatic amines is 1. The molecule has 2 aliphatic rings. The molecule has 8 heteroatoms. The van der Waals surface area contributed by atoms with Gasteiger partial charge in [0.1, 0.15) is 18.0 Å². The highest BCUT2D eigenvalue weighted by Gasteiger charge is 2.29. The second-order valence-electron chi connectivity index (χ2n) is 7.34. The fourth-order valence-corrected chi connectivity index (χ4v) is 4.38. The molecule has 5 rings (SSSR count). The quantitative estimate of drug-likeness (QED) is 0.391. The van der Waals surface area contributed by atoms with Crippen molar-refractivity contribution in [2.24, 2.45) is 10.1 Å². The summed E-state index contributed by atoms with van der Waals surface area (Å²) in [6.45, 7) is 3.67. The van der Waals surface area contributed by atoms with Crippen molar-refractivity contribution in [3.63, 3.8) is 0 Å². The maximum absolute atomic E-state index is 10.6. The van der Waals surface area contributed by atoms with Crippen LogP contribution in [0.4, 0.5) is 5.69 Å². The molecule has 156 valence electrons. The summed E-state index contributed by atoms with van der Waals surface area (Å²) in [5.74, 6) is 0.0782. The summed E-state index contributed by atoms with van der Waals surface area (Å²) in [5, 5.41) is 16.0. The Kier molecular flexibility index (Phi) is 6.13. The first kappa shape index (κ1) is 20.9. The number of nitrogens with one attached hydrogen (secondary N) is 1. The predicted molar refractivity (Wildman–Crippen MR) is 126 cm³/mol. The molecule has 2 N–H and O–H groups in total. The molecular formula is C22H22BrClN4O2. The Morgan fingerprint density at radius 2 is 1.97 bits per heavy atom. The van der Waals surface area contributed by atoms with Crippen molar-refractivity contribution in [1.82, 2.24) is 9.88 Å². The number of aromatic nitrogens is 1. The number of para-hydroxylation sites is 1. The molecule has 0 aliphatic carbocycles. The zero-order chi connectivity index (χ0) is 19.8. The zero-order valence-electron chi connectivity index (χ0n) is 16.3. The first-order valence-corrected chi connectivity index (χ1v) is 10.6. The molecule has 1 aromatic heterocycles. The molecule has 3 heterocycles.